The van der Waals surface area contributed by atoms with Crippen LogP contribution in [0.3, 0.4) is 0 Å². The van der Waals surface area contributed by atoms with Gasteiger partial charge in [0.25, 0.3) is 5.56 Å². The van der Waals surface area contributed by atoms with E-state index in [2.05, 4.69) is 4.98 Å². The third-order valence-corrected chi connectivity index (χ3v) is 3.55. The molecule has 4 aromatic rings. The monoisotopic (exact) mass is 321 g/mol. The normalized spacial score (nSPS) is 10.2. The zero-order valence-electron chi connectivity index (χ0n) is 12.8. The quantitative estimate of drug-likeness (QED) is 0.561. The number of rotatable bonds is 1. The minimum atomic E-state index is -0.308. The summed E-state index contributed by atoms with van der Waals surface area (Å²) >= 11 is 0. The van der Waals surface area contributed by atoms with Gasteiger partial charge in [-0.05, 0) is 36.4 Å². The van der Waals surface area contributed by atoms with Crippen molar-refractivity contribution < 1.29 is 4.39 Å². The molecule has 2 heterocycles. The van der Waals surface area contributed by atoms with Gasteiger partial charge < -0.3 is 10.7 Å². The van der Waals surface area contributed by atoms with Crippen LogP contribution in [0, 0.1) is 5.82 Å². The van der Waals surface area contributed by atoms with Gasteiger partial charge in [0.05, 0.1) is 5.69 Å². The number of para-hydroxylation sites is 1. The second kappa shape index (κ2) is 6.83. The van der Waals surface area contributed by atoms with E-state index in [1.807, 2.05) is 30.5 Å². The Bertz CT molecular complexity index is 1000. The predicted molar refractivity (Wildman–Crippen MR) is 94.7 cm³/mol. The number of benzene rings is 2. The minimum Gasteiger partial charge on any atom is -0.397 e. The molecule has 0 fully saturated rings. The number of hydrogen-bond donors (Lipinski definition) is 2. The molecule has 120 valence electrons. The number of nitrogens with zero attached hydrogens (tertiary/aromatic N) is 1. The Morgan fingerprint density at radius 2 is 1.62 bits per heavy atom. The zero-order valence-corrected chi connectivity index (χ0v) is 12.8. The van der Waals surface area contributed by atoms with Crippen LogP contribution in [-0.2, 0) is 0 Å². The van der Waals surface area contributed by atoms with Gasteiger partial charge in [0, 0.05) is 35.1 Å². The van der Waals surface area contributed by atoms with Crippen molar-refractivity contribution in [3.05, 3.63) is 95.3 Å². The summed E-state index contributed by atoms with van der Waals surface area (Å²) in [4.78, 5) is 14.4. The molecule has 5 heteroatoms. The molecule has 0 aliphatic heterocycles. The molecule has 0 aliphatic carbocycles. The van der Waals surface area contributed by atoms with Gasteiger partial charge in [0.2, 0.25) is 0 Å². The van der Waals surface area contributed by atoms with Crippen molar-refractivity contribution in [1.82, 2.24) is 9.55 Å². The fourth-order valence-electron chi connectivity index (χ4n) is 2.34. The molecule has 0 unspecified atom stereocenters. The Morgan fingerprint density at radius 1 is 0.917 bits per heavy atom. The lowest BCUT2D eigenvalue weighted by molar-refractivity contribution is 0.627. The lowest BCUT2D eigenvalue weighted by Crippen LogP contribution is -2.15. The predicted octanol–water partition coefficient (Wildman–Crippen LogP) is 3.73. The Balaban J connectivity index is 0.000000149. The van der Waals surface area contributed by atoms with Gasteiger partial charge in [-0.2, -0.15) is 0 Å². The summed E-state index contributed by atoms with van der Waals surface area (Å²) in [7, 11) is 0. The number of aromatic nitrogens is 2. The van der Waals surface area contributed by atoms with Gasteiger partial charge in [-0.1, -0.05) is 24.3 Å². The summed E-state index contributed by atoms with van der Waals surface area (Å²) in [6.45, 7) is 0. The third kappa shape index (κ3) is 3.35. The molecule has 2 aromatic carbocycles. The van der Waals surface area contributed by atoms with E-state index in [1.165, 1.54) is 22.8 Å². The van der Waals surface area contributed by atoms with Crippen molar-refractivity contribution in [2.45, 2.75) is 0 Å². The third-order valence-electron chi connectivity index (χ3n) is 3.55. The largest absolute Gasteiger partial charge is 0.397 e. The van der Waals surface area contributed by atoms with Crippen LogP contribution in [0.4, 0.5) is 10.1 Å². The second-order valence-corrected chi connectivity index (χ2v) is 5.17. The Kier molecular flexibility index (Phi) is 4.43. The van der Waals surface area contributed by atoms with Gasteiger partial charge in [-0.15, -0.1) is 0 Å². The first-order valence-electron chi connectivity index (χ1n) is 7.40. The number of aromatic amines is 1. The lowest BCUT2D eigenvalue weighted by atomic mass is 10.2. The maximum atomic E-state index is 12.6. The van der Waals surface area contributed by atoms with Crippen LogP contribution >= 0.6 is 0 Å². The summed E-state index contributed by atoms with van der Waals surface area (Å²) in [6.07, 6.45) is 3.46. The highest BCUT2D eigenvalue weighted by Gasteiger charge is 1.97. The molecular formula is C19H16FN3O. The molecule has 4 nitrogen and oxygen atoms in total. The summed E-state index contributed by atoms with van der Waals surface area (Å²) in [5.41, 5.74) is 8.10. The van der Waals surface area contributed by atoms with Crippen LogP contribution in [0.25, 0.3) is 16.6 Å². The summed E-state index contributed by atoms with van der Waals surface area (Å²) < 4.78 is 14.1. The molecule has 0 saturated carbocycles. The van der Waals surface area contributed by atoms with Crippen molar-refractivity contribution in [3.8, 4) is 5.69 Å². The molecule has 0 spiro atoms. The van der Waals surface area contributed by atoms with Gasteiger partial charge in [0.15, 0.2) is 0 Å². The summed E-state index contributed by atoms with van der Waals surface area (Å²) in [5, 5.41) is 1.10. The van der Waals surface area contributed by atoms with Gasteiger partial charge in [0.1, 0.15) is 5.82 Å². The molecule has 0 bridgehead atoms. The molecule has 0 saturated heterocycles. The Morgan fingerprint density at radius 3 is 2.33 bits per heavy atom. The van der Waals surface area contributed by atoms with E-state index >= 15 is 0 Å². The number of nitrogens with one attached hydrogen (secondary N) is 1. The van der Waals surface area contributed by atoms with Crippen LogP contribution in [0.5, 0.6) is 0 Å². The molecule has 24 heavy (non-hydrogen) atoms. The van der Waals surface area contributed by atoms with E-state index in [1.54, 1.807) is 30.5 Å². The summed E-state index contributed by atoms with van der Waals surface area (Å²) in [6, 6.07) is 18.6. The minimum absolute atomic E-state index is 0.126. The Hall–Kier alpha value is -3.34. The number of nitrogens with two attached hydrogens (primary N) is 1. The van der Waals surface area contributed by atoms with E-state index < -0.39 is 0 Å². The summed E-state index contributed by atoms with van der Waals surface area (Å²) in [5.74, 6) is -0.308. The fraction of sp³-hybridized carbons (Fsp3) is 0. The van der Waals surface area contributed by atoms with E-state index in [0.29, 0.717) is 5.69 Å². The Labute approximate surface area is 138 Å². The highest BCUT2D eigenvalue weighted by molar-refractivity contribution is 5.90. The molecule has 0 aliphatic rings. The molecule has 0 amide bonds. The number of nitrogen functional groups attached to an aromatic ring is 1. The average Bonchev–Trinajstić information content (AvgIpc) is 2.99. The van der Waals surface area contributed by atoms with Gasteiger partial charge in [-0.3, -0.25) is 9.36 Å². The van der Waals surface area contributed by atoms with Gasteiger partial charge in [-0.25, -0.2) is 4.39 Å². The van der Waals surface area contributed by atoms with Crippen LogP contribution in [0.2, 0.25) is 0 Å². The second-order valence-electron chi connectivity index (χ2n) is 5.17. The molecular weight excluding hydrogens is 305 g/mol. The van der Waals surface area contributed by atoms with Crippen molar-refractivity contribution in [2.75, 3.05) is 5.73 Å². The maximum absolute atomic E-state index is 12.6. The van der Waals surface area contributed by atoms with Crippen LogP contribution in [0.15, 0.2) is 83.9 Å². The van der Waals surface area contributed by atoms with E-state index in [9.17, 15) is 9.18 Å². The van der Waals surface area contributed by atoms with E-state index in [-0.39, 0.29) is 11.4 Å². The maximum Gasteiger partial charge on any atom is 0.255 e. The van der Waals surface area contributed by atoms with E-state index in [0.717, 1.165) is 16.6 Å². The van der Waals surface area contributed by atoms with Crippen LogP contribution in [-0.4, -0.2) is 9.55 Å². The fourth-order valence-corrected chi connectivity index (χ4v) is 2.34. The number of H-pyrrole nitrogens is 1. The van der Waals surface area contributed by atoms with Crippen LogP contribution in [0.1, 0.15) is 0 Å². The molecule has 0 radical (unpaired) electrons. The smallest absolute Gasteiger partial charge is 0.255 e. The number of anilines is 1. The molecule has 3 N–H and O–H groups in total. The van der Waals surface area contributed by atoms with Crippen molar-refractivity contribution in [1.29, 1.82) is 0 Å². The lowest BCUT2D eigenvalue weighted by Gasteiger charge is -2.03. The molecule has 2 aromatic heterocycles. The van der Waals surface area contributed by atoms with Crippen molar-refractivity contribution >= 4 is 16.6 Å². The van der Waals surface area contributed by atoms with Crippen molar-refractivity contribution in [2.24, 2.45) is 0 Å². The average molecular weight is 321 g/mol. The highest BCUT2D eigenvalue weighted by Crippen LogP contribution is 2.18. The SMILES string of the molecule is Nc1c[nH]c2ccccc12.O=c1ccccn1-c1ccc(F)cc1. The van der Waals surface area contributed by atoms with Crippen molar-refractivity contribution in [3.63, 3.8) is 0 Å². The zero-order chi connectivity index (χ0) is 16.9. The number of pyridine rings is 1. The molecule has 4 rings (SSSR count). The first kappa shape index (κ1) is 15.6. The number of halogens is 1. The van der Waals surface area contributed by atoms with Crippen LogP contribution < -0.4 is 11.3 Å². The highest BCUT2D eigenvalue weighted by atomic mass is 19.1. The standard InChI is InChI=1S/C11H8FNO.C8H8N2/c12-9-4-6-10(7-5-9)13-8-2-1-3-11(13)14;9-7-5-10-8-4-2-1-3-6(7)8/h1-8H;1-5,10H,9H2. The number of fused-ring (bicyclic) bond motifs is 1. The number of hydrogen-bond acceptors (Lipinski definition) is 2. The first-order chi connectivity index (χ1) is 11.6. The topological polar surface area (TPSA) is 63.8 Å². The first-order valence-corrected chi connectivity index (χ1v) is 7.40. The van der Waals surface area contributed by atoms with E-state index in [4.69, 9.17) is 5.73 Å². The van der Waals surface area contributed by atoms with Gasteiger partial charge >= 0.3 is 0 Å². The molecule has 0 atom stereocenters.